The fourth-order valence-electron chi connectivity index (χ4n) is 9.21. The molecule has 0 radical (unpaired) electrons. The minimum absolute atomic E-state index is 0.587. The van der Waals surface area contributed by atoms with E-state index in [9.17, 15) is 0 Å². The lowest BCUT2D eigenvalue weighted by molar-refractivity contribution is 0.669. The monoisotopic (exact) mass is 796 g/mol. The van der Waals surface area contributed by atoms with E-state index in [1.165, 1.54) is 52.8 Å². The summed E-state index contributed by atoms with van der Waals surface area (Å²) >= 11 is 1.80. The Balaban J connectivity index is 1.04. The zero-order valence-electron chi connectivity index (χ0n) is 32.6. The Bertz CT molecular complexity index is 3910. The molecule has 4 aromatic heterocycles. The Morgan fingerprint density at radius 1 is 0.377 bits per heavy atom. The van der Waals surface area contributed by atoms with Gasteiger partial charge in [0, 0.05) is 58.4 Å². The van der Waals surface area contributed by atoms with Gasteiger partial charge in [-0.1, -0.05) is 121 Å². The number of hydrogen-bond donors (Lipinski definition) is 0. The fourth-order valence-corrected chi connectivity index (χ4v) is 10.3. The van der Waals surface area contributed by atoms with Crippen LogP contribution in [0.5, 0.6) is 0 Å². The quantitative estimate of drug-likeness (QED) is 0.174. The minimum Gasteiger partial charge on any atom is -0.456 e. The first-order chi connectivity index (χ1) is 30.2. The highest BCUT2D eigenvalue weighted by Crippen LogP contribution is 2.41. The van der Waals surface area contributed by atoms with Crippen LogP contribution < -0.4 is 0 Å². The molecular formula is C55H32N4OS. The Kier molecular flexibility index (Phi) is 7.41. The van der Waals surface area contributed by atoms with E-state index in [2.05, 4.69) is 168 Å². The topological polar surface area (TPSA) is 56.7 Å². The minimum atomic E-state index is 0.587. The molecule has 0 aliphatic rings. The Morgan fingerprint density at radius 2 is 1.00 bits per heavy atom. The maximum absolute atomic E-state index is 6.36. The van der Waals surface area contributed by atoms with Gasteiger partial charge in [-0.05, 0) is 94.7 Å². The Morgan fingerprint density at radius 3 is 1.93 bits per heavy atom. The van der Waals surface area contributed by atoms with Gasteiger partial charge >= 0.3 is 0 Å². The number of benzene rings is 9. The van der Waals surface area contributed by atoms with Crippen LogP contribution in [-0.2, 0) is 0 Å². The van der Waals surface area contributed by atoms with E-state index < -0.39 is 0 Å². The third-order valence-electron chi connectivity index (χ3n) is 12.1. The highest BCUT2D eigenvalue weighted by atomic mass is 32.1. The van der Waals surface area contributed by atoms with Crippen LogP contribution in [0, 0.1) is 0 Å². The van der Waals surface area contributed by atoms with Gasteiger partial charge in [0.15, 0.2) is 17.5 Å². The number of aromatic nitrogens is 4. The molecule has 0 atom stereocenters. The van der Waals surface area contributed by atoms with Crippen molar-refractivity contribution in [3.63, 3.8) is 0 Å². The third kappa shape index (κ3) is 5.36. The third-order valence-corrected chi connectivity index (χ3v) is 13.2. The van der Waals surface area contributed by atoms with Gasteiger partial charge < -0.3 is 8.98 Å². The normalized spacial score (nSPS) is 11.9. The number of nitrogens with zero attached hydrogens (tertiary/aromatic N) is 4. The van der Waals surface area contributed by atoms with Crippen molar-refractivity contribution in [1.82, 2.24) is 19.5 Å². The molecule has 13 rings (SSSR count). The summed E-state index contributed by atoms with van der Waals surface area (Å²) in [5, 5.41) is 9.26. The van der Waals surface area contributed by atoms with Gasteiger partial charge in [-0.2, -0.15) is 0 Å². The number of furan rings is 1. The average molecular weight is 797 g/mol. The summed E-state index contributed by atoms with van der Waals surface area (Å²) in [4.78, 5) is 16.0. The van der Waals surface area contributed by atoms with Crippen LogP contribution in [0.1, 0.15) is 0 Å². The second-order valence-corrected chi connectivity index (χ2v) is 16.6. The molecule has 6 heteroatoms. The van der Waals surface area contributed by atoms with Crippen molar-refractivity contribution in [2.75, 3.05) is 0 Å². The van der Waals surface area contributed by atoms with Gasteiger partial charge in [-0.15, -0.1) is 11.3 Å². The molecule has 0 unspecified atom stereocenters. The van der Waals surface area contributed by atoms with Crippen LogP contribution in [0.2, 0.25) is 0 Å². The van der Waals surface area contributed by atoms with Crippen molar-refractivity contribution in [1.29, 1.82) is 0 Å². The van der Waals surface area contributed by atoms with Gasteiger partial charge in [-0.25, -0.2) is 15.0 Å². The molecule has 0 spiro atoms. The summed E-state index contributed by atoms with van der Waals surface area (Å²) in [6.07, 6.45) is 0. The predicted octanol–water partition coefficient (Wildman–Crippen LogP) is 15.1. The van der Waals surface area contributed by atoms with Crippen molar-refractivity contribution in [2.24, 2.45) is 0 Å². The summed E-state index contributed by atoms with van der Waals surface area (Å²) < 4.78 is 11.2. The predicted molar refractivity (Wildman–Crippen MR) is 254 cm³/mol. The molecule has 0 amide bonds. The second kappa shape index (κ2) is 13.3. The molecule has 0 aliphatic heterocycles. The van der Waals surface area contributed by atoms with Crippen LogP contribution in [0.25, 0.3) is 126 Å². The van der Waals surface area contributed by atoms with E-state index in [1.807, 2.05) is 30.3 Å². The number of fused-ring (bicyclic) bond motifs is 10. The summed E-state index contributed by atoms with van der Waals surface area (Å²) in [7, 11) is 0. The molecule has 4 heterocycles. The van der Waals surface area contributed by atoms with Crippen LogP contribution >= 0.6 is 11.3 Å². The molecule has 9 aromatic carbocycles. The Labute approximate surface area is 353 Å². The molecule has 284 valence electrons. The molecule has 0 saturated carbocycles. The SMILES string of the molecule is c1ccc(-n2c3ccccc3c3cc(-c4ccc5ccccc5c4)ccc32)c(-c2nc(-c3ccc4sc5ccccc5c4c3)nc(-c3cccc4oc5ccccc5c34)n2)c1. The van der Waals surface area contributed by atoms with Crippen LogP contribution in [0.3, 0.4) is 0 Å². The van der Waals surface area contributed by atoms with Crippen molar-refractivity contribution in [3.8, 4) is 51.0 Å². The molecule has 61 heavy (non-hydrogen) atoms. The lowest BCUT2D eigenvalue weighted by atomic mass is 9.99. The van der Waals surface area contributed by atoms with E-state index >= 15 is 0 Å². The van der Waals surface area contributed by atoms with Crippen LogP contribution in [0.15, 0.2) is 199 Å². The number of hydrogen-bond acceptors (Lipinski definition) is 5. The highest BCUT2D eigenvalue weighted by molar-refractivity contribution is 7.25. The summed E-state index contributed by atoms with van der Waals surface area (Å²) in [5.41, 5.74) is 9.93. The molecular weight excluding hydrogens is 765 g/mol. The van der Waals surface area contributed by atoms with E-state index in [4.69, 9.17) is 19.4 Å². The van der Waals surface area contributed by atoms with E-state index in [0.717, 1.165) is 55.3 Å². The van der Waals surface area contributed by atoms with E-state index in [0.29, 0.717) is 17.5 Å². The van der Waals surface area contributed by atoms with E-state index in [1.54, 1.807) is 11.3 Å². The van der Waals surface area contributed by atoms with Crippen molar-refractivity contribution in [2.45, 2.75) is 0 Å². The first-order valence-corrected chi connectivity index (χ1v) is 21.2. The fraction of sp³-hybridized carbons (Fsp3) is 0. The maximum atomic E-state index is 6.36. The maximum Gasteiger partial charge on any atom is 0.166 e. The molecule has 0 N–H and O–H groups in total. The Hall–Kier alpha value is -7.93. The molecule has 13 aromatic rings. The summed E-state index contributed by atoms with van der Waals surface area (Å²) in [6, 6.07) is 68.7. The molecule has 0 aliphatic carbocycles. The average Bonchev–Trinajstić information content (AvgIpc) is 4.00. The number of rotatable bonds is 5. The first-order valence-electron chi connectivity index (χ1n) is 20.4. The van der Waals surface area contributed by atoms with Gasteiger partial charge in [0.2, 0.25) is 0 Å². The lowest BCUT2D eigenvalue weighted by Crippen LogP contribution is -2.03. The van der Waals surface area contributed by atoms with Gasteiger partial charge in [0.1, 0.15) is 11.2 Å². The smallest absolute Gasteiger partial charge is 0.166 e. The van der Waals surface area contributed by atoms with Gasteiger partial charge in [0.25, 0.3) is 0 Å². The lowest BCUT2D eigenvalue weighted by Gasteiger charge is -2.15. The molecule has 5 nitrogen and oxygen atoms in total. The molecule has 0 bridgehead atoms. The van der Waals surface area contributed by atoms with Crippen LogP contribution in [-0.4, -0.2) is 19.5 Å². The molecule has 0 fully saturated rings. The van der Waals surface area contributed by atoms with E-state index in [-0.39, 0.29) is 0 Å². The number of para-hydroxylation sites is 3. The van der Waals surface area contributed by atoms with Crippen molar-refractivity contribution in [3.05, 3.63) is 194 Å². The molecule has 0 saturated heterocycles. The van der Waals surface area contributed by atoms with Crippen molar-refractivity contribution < 1.29 is 4.42 Å². The standard InChI is InChI=1S/C55H32N4OS/c1-2-13-34-30-35(25-24-33(34)12-1)36-26-28-47-43(31-36)38-14-3-7-19-45(38)59(47)46-20-8-4-16-40(46)54-56-53(37-27-29-51-44(32-37)39-15-6-10-23-50(39)61-51)57-55(58-54)42-18-11-22-49-52(42)41-17-5-9-21-48(41)60-49/h1-32H. The van der Waals surface area contributed by atoms with Crippen molar-refractivity contribution >= 4 is 86.0 Å². The van der Waals surface area contributed by atoms with Gasteiger partial charge in [-0.3, -0.25) is 0 Å². The zero-order valence-corrected chi connectivity index (χ0v) is 33.4. The summed E-state index contributed by atoms with van der Waals surface area (Å²) in [5.74, 6) is 1.79. The van der Waals surface area contributed by atoms with Crippen LogP contribution in [0.4, 0.5) is 0 Å². The first kappa shape index (κ1) is 34.0. The highest BCUT2D eigenvalue weighted by Gasteiger charge is 2.22. The second-order valence-electron chi connectivity index (χ2n) is 15.6. The summed E-state index contributed by atoms with van der Waals surface area (Å²) in [6.45, 7) is 0. The largest absolute Gasteiger partial charge is 0.456 e. The number of thiophene rings is 1. The van der Waals surface area contributed by atoms with Gasteiger partial charge in [0.05, 0.1) is 16.7 Å². The zero-order chi connectivity index (χ0) is 40.0.